The maximum atomic E-state index is 12.9. The normalized spacial score (nSPS) is 11.3. The van der Waals surface area contributed by atoms with E-state index in [1.54, 1.807) is 12.3 Å². The summed E-state index contributed by atoms with van der Waals surface area (Å²) in [6.45, 7) is 2.17. The highest BCUT2D eigenvalue weighted by Crippen LogP contribution is 2.25. The number of amides is 1. The molecule has 0 radical (unpaired) electrons. The number of hydrazone groups is 1. The summed E-state index contributed by atoms with van der Waals surface area (Å²) in [6.07, 6.45) is 3.74. The van der Waals surface area contributed by atoms with Crippen LogP contribution in [0.15, 0.2) is 71.8 Å². The third-order valence-corrected chi connectivity index (χ3v) is 5.87. The molecule has 0 atom stereocenters. The fourth-order valence-electron chi connectivity index (χ4n) is 3.25. The Morgan fingerprint density at radius 3 is 2.67 bits per heavy atom. The van der Waals surface area contributed by atoms with Crippen LogP contribution in [-0.4, -0.2) is 17.1 Å². The number of nitrogens with zero attached hydrogens (tertiary/aromatic N) is 2. The Morgan fingerprint density at radius 1 is 1.13 bits per heavy atom. The second kappa shape index (κ2) is 9.20. The van der Waals surface area contributed by atoms with E-state index in [1.165, 1.54) is 16.9 Å². The molecule has 0 unspecified atom stereocenters. The van der Waals surface area contributed by atoms with Crippen molar-refractivity contribution < 1.29 is 4.79 Å². The van der Waals surface area contributed by atoms with Crippen LogP contribution < -0.4 is 5.43 Å². The molecule has 6 heteroatoms. The number of hydrogen-bond donors (Lipinski definition) is 1. The molecule has 30 heavy (non-hydrogen) atoms. The molecule has 4 rings (SSSR count). The SMILES string of the molecule is CCCc1ccc(-c2cc(C(=O)N/N=C\c3ccc(Cl)s3)c3ccccc3n2)cc1. The van der Waals surface area contributed by atoms with Crippen molar-refractivity contribution in [2.24, 2.45) is 5.10 Å². The van der Waals surface area contributed by atoms with Gasteiger partial charge in [-0.1, -0.05) is 67.4 Å². The minimum absolute atomic E-state index is 0.281. The van der Waals surface area contributed by atoms with Gasteiger partial charge in [0.15, 0.2) is 0 Å². The third-order valence-electron chi connectivity index (χ3n) is 4.70. The quantitative estimate of drug-likeness (QED) is 0.285. The van der Waals surface area contributed by atoms with E-state index in [0.717, 1.165) is 39.9 Å². The molecule has 1 amide bonds. The molecule has 0 aliphatic heterocycles. The molecule has 0 fully saturated rings. The van der Waals surface area contributed by atoms with Gasteiger partial charge in [0.25, 0.3) is 5.91 Å². The van der Waals surface area contributed by atoms with Crippen LogP contribution in [0.2, 0.25) is 4.34 Å². The lowest BCUT2D eigenvalue weighted by Gasteiger charge is -2.09. The van der Waals surface area contributed by atoms with Crippen molar-refractivity contribution >= 4 is 46.0 Å². The van der Waals surface area contributed by atoms with Crippen molar-refractivity contribution in [3.63, 3.8) is 0 Å². The summed E-state index contributed by atoms with van der Waals surface area (Å²) in [6, 6.07) is 21.5. The summed E-state index contributed by atoms with van der Waals surface area (Å²) in [7, 11) is 0. The molecule has 0 aliphatic rings. The lowest BCUT2D eigenvalue weighted by atomic mass is 10.0. The first-order valence-electron chi connectivity index (χ1n) is 9.72. The van der Waals surface area contributed by atoms with Gasteiger partial charge < -0.3 is 0 Å². The van der Waals surface area contributed by atoms with E-state index < -0.39 is 0 Å². The molecule has 2 heterocycles. The van der Waals surface area contributed by atoms with E-state index in [1.807, 2.05) is 36.4 Å². The van der Waals surface area contributed by atoms with E-state index in [9.17, 15) is 4.79 Å². The molecule has 4 aromatic rings. The van der Waals surface area contributed by atoms with E-state index in [2.05, 4.69) is 41.7 Å². The summed E-state index contributed by atoms with van der Waals surface area (Å²) < 4.78 is 0.678. The number of para-hydroxylation sites is 1. The van der Waals surface area contributed by atoms with Crippen LogP contribution in [0.3, 0.4) is 0 Å². The number of fused-ring (bicyclic) bond motifs is 1. The minimum atomic E-state index is -0.281. The fourth-order valence-corrected chi connectivity index (χ4v) is 4.19. The predicted octanol–water partition coefficient (Wildman–Crippen LogP) is 6.33. The first-order chi connectivity index (χ1) is 14.6. The van der Waals surface area contributed by atoms with Crippen molar-refractivity contribution in [1.29, 1.82) is 0 Å². The molecule has 2 aromatic heterocycles. The Morgan fingerprint density at radius 2 is 1.93 bits per heavy atom. The zero-order chi connectivity index (χ0) is 20.9. The smallest absolute Gasteiger partial charge is 0.267 e. The second-order valence-corrected chi connectivity index (χ2v) is 8.61. The Hall–Kier alpha value is -3.02. The number of rotatable bonds is 6. The molecular weight excluding hydrogens is 414 g/mol. The van der Waals surface area contributed by atoms with Gasteiger partial charge in [-0.3, -0.25) is 4.79 Å². The third kappa shape index (κ3) is 4.58. The standard InChI is InChI=1S/C24H20ClN3OS/c1-2-5-16-8-10-17(11-9-16)22-14-20(19-6-3-4-7-21(19)27-22)24(29)28-26-15-18-12-13-23(25)30-18/h3-4,6-15H,2,5H2,1H3,(H,28,29)/b26-15-. The number of halogens is 1. The van der Waals surface area contributed by atoms with Crippen LogP contribution >= 0.6 is 22.9 Å². The van der Waals surface area contributed by atoms with E-state index >= 15 is 0 Å². The monoisotopic (exact) mass is 433 g/mol. The number of aryl methyl sites for hydroxylation is 1. The summed E-state index contributed by atoms with van der Waals surface area (Å²) in [5, 5.41) is 4.87. The molecular formula is C24H20ClN3OS. The van der Waals surface area contributed by atoms with Gasteiger partial charge in [-0.25, -0.2) is 10.4 Å². The van der Waals surface area contributed by atoms with Crippen molar-refractivity contribution in [3.05, 3.63) is 87.1 Å². The van der Waals surface area contributed by atoms with Crippen LogP contribution in [0.25, 0.3) is 22.2 Å². The highest BCUT2D eigenvalue weighted by molar-refractivity contribution is 7.17. The number of hydrogen-bond acceptors (Lipinski definition) is 4. The molecule has 0 bridgehead atoms. The summed E-state index contributed by atoms with van der Waals surface area (Å²) >= 11 is 7.33. The molecule has 0 saturated heterocycles. The Kier molecular flexibility index (Phi) is 6.21. The average molecular weight is 434 g/mol. The highest BCUT2D eigenvalue weighted by Gasteiger charge is 2.13. The Labute approximate surface area is 184 Å². The Balaban J connectivity index is 1.66. The van der Waals surface area contributed by atoms with Crippen molar-refractivity contribution in [2.75, 3.05) is 0 Å². The van der Waals surface area contributed by atoms with E-state index in [4.69, 9.17) is 16.6 Å². The maximum Gasteiger partial charge on any atom is 0.272 e. The van der Waals surface area contributed by atoms with Gasteiger partial charge in [-0.15, -0.1) is 11.3 Å². The summed E-state index contributed by atoms with van der Waals surface area (Å²) in [4.78, 5) is 18.5. The van der Waals surface area contributed by atoms with Crippen LogP contribution in [0.4, 0.5) is 0 Å². The van der Waals surface area contributed by atoms with Gasteiger partial charge in [0, 0.05) is 15.8 Å². The van der Waals surface area contributed by atoms with Crippen molar-refractivity contribution in [3.8, 4) is 11.3 Å². The molecule has 0 saturated carbocycles. The van der Waals surface area contributed by atoms with Crippen molar-refractivity contribution in [2.45, 2.75) is 19.8 Å². The number of carbonyl (C=O) groups excluding carboxylic acids is 1. The van der Waals surface area contributed by atoms with Crippen LogP contribution in [-0.2, 0) is 6.42 Å². The average Bonchev–Trinajstić information content (AvgIpc) is 3.18. The molecule has 0 spiro atoms. The summed E-state index contributed by atoms with van der Waals surface area (Å²) in [5.74, 6) is -0.281. The molecule has 4 nitrogen and oxygen atoms in total. The number of thiophene rings is 1. The molecule has 150 valence electrons. The van der Waals surface area contributed by atoms with Gasteiger partial charge in [0.1, 0.15) is 0 Å². The number of aromatic nitrogens is 1. The predicted molar refractivity (Wildman–Crippen MR) is 126 cm³/mol. The molecule has 1 N–H and O–H groups in total. The maximum absolute atomic E-state index is 12.9. The number of nitrogens with one attached hydrogen (secondary N) is 1. The first kappa shape index (κ1) is 20.3. The zero-order valence-corrected chi connectivity index (χ0v) is 18.0. The van der Waals surface area contributed by atoms with Gasteiger partial charge in [-0.05, 0) is 36.2 Å². The fraction of sp³-hybridized carbons (Fsp3) is 0.125. The number of carbonyl (C=O) groups is 1. The van der Waals surface area contributed by atoms with E-state index in [0.29, 0.717) is 9.90 Å². The van der Waals surface area contributed by atoms with Crippen LogP contribution in [0.1, 0.15) is 34.1 Å². The molecule has 0 aliphatic carbocycles. The molecule has 2 aromatic carbocycles. The first-order valence-corrected chi connectivity index (χ1v) is 10.9. The second-order valence-electron chi connectivity index (χ2n) is 6.86. The van der Waals surface area contributed by atoms with Gasteiger partial charge >= 0.3 is 0 Å². The number of pyridine rings is 1. The van der Waals surface area contributed by atoms with Crippen molar-refractivity contribution in [1.82, 2.24) is 10.4 Å². The van der Waals surface area contributed by atoms with E-state index in [-0.39, 0.29) is 5.91 Å². The van der Waals surface area contributed by atoms with Gasteiger partial charge in [-0.2, -0.15) is 5.10 Å². The van der Waals surface area contributed by atoms with Gasteiger partial charge in [0.2, 0.25) is 0 Å². The highest BCUT2D eigenvalue weighted by atomic mass is 35.5. The zero-order valence-electron chi connectivity index (χ0n) is 16.4. The lowest BCUT2D eigenvalue weighted by molar-refractivity contribution is 0.0957. The van der Waals surface area contributed by atoms with Crippen LogP contribution in [0, 0.1) is 0 Å². The minimum Gasteiger partial charge on any atom is -0.267 e. The van der Waals surface area contributed by atoms with Crippen LogP contribution in [0.5, 0.6) is 0 Å². The number of benzene rings is 2. The Bertz CT molecular complexity index is 1210. The topological polar surface area (TPSA) is 54.4 Å². The summed E-state index contributed by atoms with van der Waals surface area (Å²) in [5.41, 5.74) is 6.96. The largest absolute Gasteiger partial charge is 0.272 e. The lowest BCUT2D eigenvalue weighted by Crippen LogP contribution is -2.18. The van der Waals surface area contributed by atoms with Gasteiger partial charge in [0.05, 0.1) is 27.3 Å².